The average Bonchev–Trinajstić information content (AvgIpc) is 3.25. The minimum Gasteiger partial charge on any atom is -0.298 e. The van der Waals surface area contributed by atoms with E-state index in [4.69, 9.17) is 0 Å². The number of aryl methyl sites for hydroxylation is 2. The molecule has 0 aliphatic heterocycles. The Morgan fingerprint density at radius 1 is 1.28 bits per heavy atom. The van der Waals surface area contributed by atoms with Crippen molar-refractivity contribution < 1.29 is 18.0 Å². The van der Waals surface area contributed by atoms with Crippen LogP contribution in [0.4, 0.5) is 18.3 Å². The van der Waals surface area contributed by atoms with Crippen LogP contribution in [-0.4, -0.2) is 20.7 Å². The number of benzene rings is 1. The van der Waals surface area contributed by atoms with Gasteiger partial charge in [0.1, 0.15) is 0 Å². The van der Waals surface area contributed by atoms with Gasteiger partial charge in [-0.15, -0.1) is 11.3 Å². The molecule has 1 atom stereocenters. The first-order chi connectivity index (χ1) is 13.7. The molecule has 4 rings (SSSR count). The minimum atomic E-state index is -4.74. The molecule has 1 aliphatic carbocycles. The summed E-state index contributed by atoms with van der Waals surface area (Å²) in [5.74, 6) is -0.328. The van der Waals surface area contributed by atoms with Gasteiger partial charge in [-0.25, -0.2) is 9.67 Å². The molecule has 1 aromatic carbocycles. The molecule has 2 aromatic heterocycles. The summed E-state index contributed by atoms with van der Waals surface area (Å²) in [6.07, 6.45) is -1.07. The van der Waals surface area contributed by atoms with Gasteiger partial charge in [-0.2, -0.15) is 18.3 Å². The van der Waals surface area contributed by atoms with Crippen molar-refractivity contribution in [3.8, 4) is 5.69 Å². The Labute approximate surface area is 169 Å². The van der Waals surface area contributed by atoms with E-state index in [0.717, 1.165) is 46.3 Å². The monoisotopic (exact) mass is 420 g/mol. The molecular weight excluding hydrogens is 401 g/mol. The Hall–Kier alpha value is -2.68. The third-order valence-corrected chi connectivity index (χ3v) is 6.00. The predicted molar refractivity (Wildman–Crippen MR) is 105 cm³/mol. The number of alkyl halides is 3. The van der Waals surface area contributed by atoms with Crippen molar-refractivity contribution in [3.05, 3.63) is 57.9 Å². The Kier molecular flexibility index (Phi) is 4.94. The highest BCUT2D eigenvalue weighted by molar-refractivity contribution is 7.15. The number of rotatable bonds is 3. The Bertz CT molecular complexity index is 1050. The minimum absolute atomic E-state index is 0.237. The number of halogens is 3. The number of thiazole rings is 1. The molecular formula is C20H19F3N4OS. The van der Waals surface area contributed by atoms with E-state index in [1.54, 1.807) is 12.1 Å². The summed E-state index contributed by atoms with van der Waals surface area (Å²) < 4.78 is 42.1. The molecule has 1 aliphatic rings. The fraction of sp³-hybridized carbons (Fsp3) is 0.350. The summed E-state index contributed by atoms with van der Waals surface area (Å²) in [5, 5.41) is 6.70. The number of hydrogen-bond acceptors (Lipinski definition) is 4. The van der Waals surface area contributed by atoms with Crippen molar-refractivity contribution in [2.24, 2.45) is 5.92 Å². The topological polar surface area (TPSA) is 59.8 Å². The number of amides is 1. The van der Waals surface area contributed by atoms with Crippen molar-refractivity contribution in [3.63, 3.8) is 0 Å². The van der Waals surface area contributed by atoms with E-state index < -0.39 is 23.3 Å². The lowest BCUT2D eigenvalue weighted by Crippen LogP contribution is -2.20. The summed E-state index contributed by atoms with van der Waals surface area (Å²) in [5.41, 5.74) is 0.443. The van der Waals surface area contributed by atoms with Crippen LogP contribution in [-0.2, 0) is 19.0 Å². The number of nitrogens with one attached hydrogen (secondary N) is 1. The fourth-order valence-corrected chi connectivity index (χ4v) is 4.59. The summed E-state index contributed by atoms with van der Waals surface area (Å²) in [6.45, 7) is 3.99. The van der Waals surface area contributed by atoms with Gasteiger partial charge >= 0.3 is 6.18 Å². The molecule has 0 spiro atoms. The van der Waals surface area contributed by atoms with E-state index in [-0.39, 0.29) is 5.69 Å². The highest BCUT2D eigenvalue weighted by Gasteiger charge is 2.40. The number of hydrogen-bond donors (Lipinski definition) is 1. The van der Waals surface area contributed by atoms with E-state index >= 15 is 0 Å². The molecule has 1 unspecified atom stereocenters. The van der Waals surface area contributed by atoms with Crippen molar-refractivity contribution in [2.75, 3.05) is 5.32 Å². The zero-order valence-corrected chi connectivity index (χ0v) is 16.7. The second-order valence-electron chi connectivity index (χ2n) is 7.34. The fourth-order valence-electron chi connectivity index (χ4n) is 3.43. The van der Waals surface area contributed by atoms with Crippen molar-refractivity contribution in [2.45, 2.75) is 39.3 Å². The molecule has 1 N–H and O–H groups in total. The second kappa shape index (κ2) is 7.29. The first kappa shape index (κ1) is 19.6. The van der Waals surface area contributed by atoms with Crippen molar-refractivity contribution in [1.82, 2.24) is 14.8 Å². The lowest BCUT2D eigenvalue weighted by Gasteiger charge is -2.15. The van der Waals surface area contributed by atoms with Gasteiger partial charge in [0.25, 0.3) is 5.91 Å². The number of anilines is 1. The van der Waals surface area contributed by atoms with Crippen LogP contribution in [0.3, 0.4) is 0 Å². The third-order valence-electron chi connectivity index (χ3n) is 4.97. The molecule has 0 radical (unpaired) electrons. The quantitative estimate of drug-likeness (QED) is 0.646. The Balaban J connectivity index is 1.66. The number of fused-ring (bicyclic) bond motifs is 1. The standard InChI is InChI=1S/C20H19F3N4OS/c1-11-3-6-13(7-4-11)27-17(20(21,22)23)14(10-24-27)18(28)26-19-25-15-8-5-12(2)9-16(15)29-19/h3-4,6-7,10,12H,5,8-9H2,1-2H3,(H,25,26,28). The van der Waals surface area contributed by atoms with Crippen molar-refractivity contribution in [1.29, 1.82) is 0 Å². The zero-order valence-electron chi connectivity index (χ0n) is 15.9. The van der Waals surface area contributed by atoms with Gasteiger partial charge in [-0.1, -0.05) is 24.6 Å². The molecule has 0 saturated carbocycles. The molecule has 29 heavy (non-hydrogen) atoms. The van der Waals surface area contributed by atoms with Crippen LogP contribution in [0.5, 0.6) is 0 Å². The number of nitrogens with zero attached hydrogens (tertiary/aromatic N) is 3. The normalized spacial score (nSPS) is 16.5. The van der Waals surface area contributed by atoms with E-state index in [2.05, 4.69) is 22.3 Å². The van der Waals surface area contributed by atoms with Crippen LogP contribution in [0.15, 0.2) is 30.5 Å². The van der Waals surface area contributed by atoms with Crippen LogP contribution in [0.2, 0.25) is 0 Å². The van der Waals surface area contributed by atoms with E-state index in [0.29, 0.717) is 11.0 Å². The van der Waals surface area contributed by atoms with Crippen LogP contribution < -0.4 is 5.32 Å². The summed E-state index contributed by atoms with van der Waals surface area (Å²) in [6, 6.07) is 6.46. The molecule has 9 heteroatoms. The predicted octanol–water partition coefficient (Wildman–Crippen LogP) is 5.03. The van der Waals surface area contributed by atoms with Crippen LogP contribution in [0, 0.1) is 12.8 Å². The highest BCUT2D eigenvalue weighted by Crippen LogP contribution is 2.35. The van der Waals surface area contributed by atoms with Gasteiger partial charge in [0, 0.05) is 4.88 Å². The maximum absolute atomic E-state index is 13.8. The first-order valence-electron chi connectivity index (χ1n) is 9.24. The van der Waals surface area contributed by atoms with E-state index in [1.807, 2.05) is 6.92 Å². The van der Waals surface area contributed by atoms with Crippen LogP contribution >= 0.6 is 11.3 Å². The molecule has 3 aromatic rings. The Morgan fingerprint density at radius 2 is 2.00 bits per heavy atom. The van der Waals surface area contributed by atoms with Gasteiger partial charge < -0.3 is 0 Å². The van der Waals surface area contributed by atoms with E-state index in [9.17, 15) is 18.0 Å². The maximum Gasteiger partial charge on any atom is 0.434 e. The maximum atomic E-state index is 13.8. The molecule has 1 amide bonds. The Morgan fingerprint density at radius 3 is 2.69 bits per heavy atom. The molecule has 0 bridgehead atoms. The molecule has 2 heterocycles. The van der Waals surface area contributed by atoms with Gasteiger partial charge in [-0.3, -0.25) is 10.1 Å². The SMILES string of the molecule is Cc1ccc(-n2ncc(C(=O)Nc3nc4c(s3)CC(C)CC4)c2C(F)(F)F)cc1. The number of carbonyl (C=O) groups excluding carboxylic acids is 1. The molecule has 5 nitrogen and oxygen atoms in total. The third kappa shape index (κ3) is 3.91. The lowest BCUT2D eigenvalue weighted by atomic mass is 9.93. The average molecular weight is 420 g/mol. The van der Waals surface area contributed by atoms with Gasteiger partial charge in [0.2, 0.25) is 0 Å². The summed E-state index contributed by atoms with van der Waals surface area (Å²) in [4.78, 5) is 18.1. The molecule has 152 valence electrons. The van der Waals surface area contributed by atoms with Gasteiger partial charge in [0.15, 0.2) is 10.8 Å². The lowest BCUT2D eigenvalue weighted by molar-refractivity contribution is -0.143. The summed E-state index contributed by atoms with van der Waals surface area (Å²) >= 11 is 1.33. The van der Waals surface area contributed by atoms with E-state index in [1.165, 1.54) is 23.5 Å². The second-order valence-corrected chi connectivity index (χ2v) is 8.43. The number of carbonyl (C=O) groups is 1. The molecule has 0 saturated heterocycles. The summed E-state index contributed by atoms with van der Waals surface area (Å²) in [7, 11) is 0. The van der Waals surface area contributed by atoms with Crippen molar-refractivity contribution >= 4 is 22.4 Å². The zero-order chi connectivity index (χ0) is 20.8. The van der Waals surface area contributed by atoms with Gasteiger partial charge in [0.05, 0.1) is 23.1 Å². The highest BCUT2D eigenvalue weighted by atomic mass is 32.1. The van der Waals surface area contributed by atoms with Gasteiger partial charge in [-0.05, 0) is 44.2 Å². The van der Waals surface area contributed by atoms with Crippen LogP contribution in [0.25, 0.3) is 5.69 Å². The van der Waals surface area contributed by atoms with Crippen LogP contribution in [0.1, 0.15) is 45.5 Å². The molecule has 0 fully saturated rings. The smallest absolute Gasteiger partial charge is 0.298 e. The first-order valence-corrected chi connectivity index (χ1v) is 10.1. The largest absolute Gasteiger partial charge is 0.434 e. The number of aromatic nitrogens is 3.